The van der Waals surface area contributed by atoms with Gasteiger partial charge in [-0.2, -0.15) is 0 Å². The third kappa shape index (κ3) is 3.48. The van der Waals surface area contributed by atoms with Crippen LogP contribution in [0.1, 0.15) is 105 Å². The largest absolute Gasteiger partial charge is 0.387 e. The highest BCUT2D eigenvalue weighted by Gasteiger charge is 2.66. The van der Waals surface area contributed by atoms with Crippen LogP contribution in [0.15, 0.2) is 0 Å². The van der Waals surface area contributed by atoms with Gasteiger partial charge in [-0.05, 0) is 97.7 Å². The Morgan fingerprint density at radius 2 is 1.50 bits per heavy atom. The van der Waals surface area contributed by atoms with Crippen LogP contribution in [-0.2, 0) is 0 Å². The molecule has 30 heavy (non-hydrogen) atoms. The van der Waals surface area contributed by atoms with Crippen molar-refractivity contribution < 1.29 is 13.9 Å². The maximum absolute atomic E-state index is 15.0. The minimum absolute atomic E-state index is 0.278. The van der Waals surface area contributed by atoms with Crippen LogP contribution in [0, 0.1) is 52.3 Å². The van der Waals surface area contributed by atoms with Crippen molar-refractivity contribution in [3.63, 3.8) is 0 Å². The van der Waals surface area contributed by atoms with Gasteiger partial charge in [-0.15, -0.1) is 0 Å². The van der Waals surface area contributed by atoms with Crippen molar-refractivity contribution in [2.75, 3.05) is 0 Å². The molecule has 0 bridgehead atoms. The van der Waals surface area contributed by atoms with E-state index in [-0.39, 0.29) is 11.8 Å². The van der Waals surface area contributed by atoms with E-state index in [1.807, 2.05) is 0 Å². The fourth-order valence-corrected chi connectivity index (χ4v) is 9.34. The monoisotopic (exact) mass is 424 g/mol. The van der Waals surface area contributed by atoms with Crippen molar-refractivity contribution in [2.45, 2.75) is 117 Å². The summed E-state index contributed by atoms with van der Waals surface area (Å²) in [6.07, 6.45) is 10.3. The van der Waals surface area contributed by atoms with Gasteiger partial charge in [0.1, 0.15) is 6.10 Å². The first kappa shape index (κ1) is 23.0. The maximum Gasteiger partial charge on any atom is 0.276 e. The molecular formula is C27H46F2O. The molecule has 0 radical (unpaired) electrons. The molecule has 3 heteroatoms. The summed E-state index contributed by atoms with van der Waals surface area (Å²) in [6, 6.07) is 0. The Balaban J connectivity index is 1.50. The van der Waals surface area contributed by atoms with Crippen LogP contribution in [-0.4, -0.2) is 17.1 Å². The van der Waals surface area contributed by atoms with Gasteiger partial charge in [0.15, 0.2) is 0 Å². The van der Waals surface area contributed by atoms with E-state index >= 15 is 0 Å². The summed E-state index contributed by atoms with van der Waals surface area (Å²) < 4.78 is 29.9. The molecular weight excluding hydrogens is 378 g/mol. The molecule has 0 heterocycles. The molecule has 1 nitrogen and oxygen atoms in total. The molecule has 0 aromatic carbocycles. The molecule has 1 N–H and O–H groups in total. The Bertz CT molecular complexity index is 618. The predicted octanol–water partition coefficient (Wildman–Crippen LogP) is 7.71. The minimum Gasteiger partial charge on any atom is -0.387 e. The van der Waals surface area contributed by atoms with E-state index in [0.717, 1.165) is 42.9 Å². The molecule has 174 valence electrons. The van der Waals surface area contributed by atoms with E-state index in [1.54, 1.807) is 0 Å². The van der Waals surface area contributed by atoms with Gasteiger partial charge < -0.3 is 5.11 Å². The Morgan fingerprint density at radius 3 is 2.20 bits per heavy atom. The maximum atomic E-state index is 15.0. The van der Waals surface area contributed by atoms with Crippen LogP contribution < -0.4 is 0 Å². The molecule has 1 unspecified atom stereocenters. The van der Waals surface area contributed by atoms with Crippen molar-refractivity contribution >= 4 is 0 Å². The van der Waals surface area contributed by atoms with Crippen molar-refractivity contribution in [1.82, 2.24) is 0 Å². The second-order valence-corrected chi connectivity index (χ2v) is 12.8. The molecule has 9 atom stereocenters. The SMILES string of the molecule is CC(C)CCC[C@@H](C)[C@H]1CC[C@H]2[C@@H]3CCC4C(F)(F)[C@@H](O)CC[C@]4(C)[C@H]3CC[C@]12C. The van der Waals surface area contributed by atoms with Crippen molar-refractivity contribution in [1.29, 1.82) is 0 Å². The number of hydrogen-bond donors (Lipinski definition) is 1. The summed E-state index contributed by atoms with van der Waals surface area (Å²) in [4.78, 5) is 0. The highest BCUT2D eigenvalue weighted by Crippen LogP contribution is 2.69. The van der Waals surface area contributed by atoms with Crippen LogP contribution in [0.4, 0.5) is 8.78 Å². The summed E-state index contributed by atoms with van der Waals surface area (Å²) in [7, 11) is 0. The van der Waals surface area contributed by atoms with Gasteiger partial charge in [0.25, 0.3) is 5.92 Å². The number of rotatable bonds is 5. The predicted molar refractivity (Wildman–Crippen MR) is 119 cm³/mol. The van der Waals surface area contributed by atoms with Crippen molar-refractivity contribution in [2.24, 2.45) is 52.3 Å². The van der Waals surface area contributed by atoms with E-state index in [4.69, 9.17) is 0 Å². The van der Waals surface area contributed by atoms with Gasteiger partial charge in [-0.1, -0.05) is 53.9 Å². The molecule has 4 fully saturated rings. The van der Waals surface area contributed by atoms with Crippen LogP contribution in [0.25, 0.3) is 0 Å². The topological polar surface area (TPSA) is 20.2 Å². The lowest BCUT2D eigenvalue weighted by Gasteiger charge is -2.62. The van der Waals surface area contributed by atoms with Gasteiger partial charge >= 0.3 is 0 Å². The van der Waals surface area contributed by atoms with E-state index in [0.29, 0.717) is 23.7 Å². The molecule has 4 aliphatic rings. The molecule has 4 aliphatic carbocycles. The molecule has 0 saturated heterocycles. The average Bonchev–Trinajstić information content (AvgIpc) is 3.02. The first-order valence-electron chi connectivity index (χ1n) is 13.1. The molecule has 0 spiro atoms. The normalized spacial score (nSPS) is 48.7. The Kier molecular flexibility index (Phi) is 6.13. The number of alkyl halides is 2. The molecule has 0 amide bonds. The van der Waals surface area contributed by atoms with Crippen LogP contribution >= 0.6 is 0 Å². The van der Waals surface area contributed by atoms with E-state index in [1.165, 1.54) is 38.5 Å². The zero-order chi connectivity index (χ0) is 21.9. The molecule has 0 aromatic rings. The Morgan fingerprint density at radius 1 is 0.833 bits per heavy atom. The smallest absolute Gasteiger partial charge is 0.276 e. The van der Waals surface area contributed by atoms with Gasteiger partial charge in [0.2, 0.25) is 0 Å². The Labute approximate surface area is 183 Å². The molecule has 4 rings (SSSR count). The zero-order valence-corrected chi connectivity index (χ0v) is 20.1. The second-order valence-electron chi connectivity index (χ2n) is 12.8. The molecule has 0 aliphatic heterocycles. The summed E-state index contributed by atoms with van der Waals surface area (Å²) in [5.74, 6) is 0.668. The van der Waals surface area contributed by atoms with Gasteiger partial charge in [-0.25, -0.2) is 8.78 Å². The Hall–Kier alpha value is -0.180. The standard InChI is InChI=1S/C27H46F2O/c1-17(2)7-6-8-18(3)20-10-11-21-19-9-12-23-26(5,16-14-24(30)27(23,28)29)22(19)13-15-25(20,21)4/h17-24,30H,6-16H2,1-5H3/t18-,19+,20-,21+,22+,23?,24+,25-,26-/m1/s1. The number of fused-ring (bicyclic) bond motifs is 5. The summed E-state index contributed by atoms with van der Waals surface area (Å²) in [5, 5.41) is 10.0. The highest BCUT2D eigenvalue weighted by molar-refractivity contribution is 5.12. The fourth-order valence-electron chi connectivity index (χ4n) is 9.34. The second kappa shape index (κ2) is 7.99. The third-order valence-corrected chi connectivity index (χ3v) is 10.9. The molecule has 0 aromatic heterocycles. The third-order valence-electron chi connectivity index (χ3n) is 10.9. The summed E-state index contributed by atoms with van der Waals surface area (Å²) in [6.45, 7) is 11.9. The van der Waals surface area contributed by atoms with Crippen LogP contribution in [0.2, 0.25) is 0 Å². The fraction of sp³-hybridized carbons (Fsp3) is 1.00. The summed E-state index contributed by atoms with van der Waals surface area (Å²) in [5.41, 5.74) is 0.131. The van der Waals surface area contributed by atoms with E-state index in [2.05, 4.69) is 34.6 Å². The summed E-state index contributed by atoms with van der Waals surface area (Å²) >= 11 is 0. The number of halogens is 2. The highest BCUT2D eigenvalue weighted by atomic mass is 19.3. The lowest BCUT2D eigenvalue weighted by atomic mass is 9.44. The molecule has 4 saturated carbocycles. The quantitative estimate of drug-likeness (QED) is 0.479. The van der Waals surface area contributed by atoms with Gasteiger partial charge in [-0.3, -0.25) is 0 Å². The first-order valence-corrected chi connectivity index (χ1v) is 13.1. The lowest BCUT2D eigenvalue weighted by molar-refractivity contribution is -0.246. The number of aliphatic hydroxyl groups is 1. The van der Waals surface area contributed by atoms with Crippen molar-refractivity contribution in [3.8, 4) is 0 Å². The zero-order valence-electron chi connectivity index (χ0n) is 20.1. The van der Waals surface area contributed by atoms with Gasteiger partial charge in [0.05, 0.1) is 0 Å². The van der Waals surface area contributed by atoms with Crippen molar-refractivity contribution in [3.05, 3.63) is 0 Å². The van der Waals surface area contributed by atoms with Gasteiger partial charge in [0, 0.05) is 5.92 Å². The average molecular weight is 425 g/mol. The number of aliphatic hydroxyl groups excluding tert-OH is 1. The minimum atomic E-state index is -2.90. The lowest BCUT2D eigenvalue weighted by Crippen LogP contribution is -2.61. The van der Waals surface area contributed by atoms with Crippen LogP contribution in [0.3, 0.4) is 0 Å². The first-order chi connectivity index (χ1) is 14.0. The van der Waals surface area contributed by atoms with Crippen LogP contribution in [0.5, 0.6) is 0 Å². The van der Waals surface area contributed by atoms with E-state index < -0.39 is 17.9 Å². The number of hydrogen-bond acceptors (Lipinski definition) is 1. The van der Waals surface area contributed by atoms with E-state index in [9.17, 15) is 13.9 Å².